The van der Waals surface area contributed by atoms with Crippen molar-refractivity contribution in [3.05, 3.63) is 58.6 Å². The molecule has 0 aliphatic heterocycles. The van der Waals surface area contributed by atoms with Gasteiger partial charge in [0, 0.05) is 5.02 Å². The van der Waals surface area contributed by atoms with Crippen LogP contribution in [-0.2, 0) is 0 Å². The van der Waals surface area contributed by atoms with Gasteiger partial charge in [0.25, 0.3) is 0 Å². The van der Waals surface area contributed by atoms with Gasteiger partial charge in [-0.15, -0.1) is 0 Å². The van der Waals surface area contributed by atoms with Gasteiger partial charge in [-0.05, 0) is 48.2 Å². The van der Waals surface area contributed by atoms with E-state index in [4.69, 9.17) is 11.6 Å². The van der Waals surface area contributed by atoms with E-state index in [2.05, 4.69) is 25.1 Å². The number of aryl methyl sites for hydroxylation is 1. The minimum Gasteiger partial charge on any atom is -0.0840 e. The van der Waals surface area contributed by atoms with Crippen LogP contribution in [0, 0.1) is 19.9 Å². The van der Waals surface area contributed by atoms with Gasteiger partial charge in [0.15, 0.2) is 0 Å². The van der Waals surface area contributed by atoms with Crippen molar-refractivity contribution in [2.24, 2.45) is 0 Å². The van der Waals surface area contributed by atoms with Crippen LogP contribution < -0.4 is 0 Å². The van der Waals surface area contributed by atoms with Gasteiger partial charge in [-0.2, -0.15) is 0 Å². The smallest absolute Gasteiger partial charge is 0.0441 e. The Hall–Kier alpha value is -1.27. The highest BCUT2D eigenvalue weighted by molar-refractivity contribution is 6.31. The van der Waals surface area contributed by atoms with Gasteiger partial charge in [-0.1, -0.05) is 41.9 Å². The quantitative estimate of drug-likeness (QED) is 0.661. The summed E-state index contributed by atoms with van der Waals surface area (Å²) in [7, 11) is 0. The lowest BCUT2D eigenvalue weighted by Gasteiger charge is -2.09. The Morgan fingerprint density at radius 2 is 1.87 bits per heavy atom. The zero-order chi connectivity index (χ0) is 10.8. The Morgan fingerprint density at radius 1 is 1.07 bits per heavy atom. The van der Waals surface area contributed by atoms with Gasteiger partial charge in [-0.3, -0.25) is 0 Å². The molecule has 0 saturated heterocycles. The van der Waals surface area contributed by atoms with E-state index < -0.39 is 0 Å². The highest BCUT2D eigenvalue weighted by Crippen LogP contribution is 2.29. The monoisotopic (exact) mass is 215 g/mol. The van der Waals surface area contributed by atoms with Crippen molar-refractivity contribution in [3.8, 4) is 11.1 Å². The summed E-state index contributed by atoms with van der Waals surface area (Å²) in [4.78, 5) is 0. The van der Waals surface area contributed by atoms with E-state index in [1.54, 1.807) is 0 Å². The molecular formula is C14H12Cl. The average molecular weight is 216 g/mol. The van der Waals surface area contributed by atoms with Crippen molar-refractivity contribution in [1.82, 2.24) is 0 Å². The molecule has 2 rings (SSSR count). The van der Waals surface area contributed by atoms with Crippen LogP contribution in [0.1, 0.15) is 11.1 Å². The number of benzene rings is 2. The Morgan fingerprint density at radius 3 is 2.60 bits per heavy atom. The van der Waals surface area contributed by atoms with Crippen molar-refractivity contribution in [2.45, 2.75) is 13.8 Å². The molecule has 2 aromatic rings. The maximum atomic E-state index is 6.10. The Kier molecular flexibility index (Phi) is 2.79. The molecular weight excluding hydrogens is 204 g/mol. The minimum atomic E-state index is 0.809. The Balaban J connectivity index is 2.65. The number of hydrogen-bond donors (Lipinski definition) is 0. The van der Waals surface area contributed by atoms with Crippen molar-refractivity contribution in [3.63, 3.8) is 0 Å². The maximum Gasteiger partial charge on any atom is 0.0441 e. The van der Waals surface area contributed by atoms with Crippen LogP contribution in [0.4, 0.5) is 0 Å². The van der Waals surface area contributed by atoms with E-state index in [1.807, 2.05) is 31.2 Å². The Labute approximate surface area is 95.5 Å². The van der Waals surface area contributed by atoms with Crippen LogP contribution >= 0.6 is 11.6 Å². The summed E-state index contributed by atoms with van der Waals surface area (Å²) in [6, 6.07) is 15.3. The molecule has 1 heteroatoms. The molecule has 0 bridgehead atoms. The SMILES string of the molecule is Cc1ccc[c]c1-c1cccc(Cl)c1C. The van der Waals surface area contributed by atoms with Crippen LogP contribution in [0.25, 0.3) is 11.1 Å². The molecule has 0 aromatic heterocycles. The van der Waals surface area contributed by atoms with Crippen molar-refractivity contribution < 1.29 is 0 Å². The molecule has 0 fully saturated rings. The zero-order valence-corrected chi connectivity index (χ0v) is 9.60. The molecule has 0 unspecified atom stereocenters. The summed E-state index contributed by atoms with van der Waals surface area (Å²) >= 11 is 6.10. The summed E-state index contributed by atoms with van der Waals surface area (Å²) in [5.41, 5.74) is 4.64. The summed E-state index contributed by atoms with van der Waals surface area (Å²) in [5.74, 6) is 0. The lowest BCUT2D eigenvalue weighted by Crippen LogP contribution is -1.87. The molecule has 0 spiro atoms. The number of hydrogen-bond acceptors (Lipinski definition) is 0. The predicted octanol–water partition coefficient (Wildman–Crippen LogP) is 4.42. The van der Waals surface area contributed by atoms with E-state index in [0.29, 0.717) is 0 Å². The third-order valence-corrected chi connectivity index (χ3v) is 3.01. The second-order valence-corrected chi connectivity index (χ2v) is 4.05. The molecule has 15 heavy (non-hydrogen) atoms. The lowest BCUT2D eigenvalue weighted by atomic mass is 9.97. The predicted molar refractivity (Wildman–Crippen MR) is 65.2 cm³/mol. The Bertz CT molecular complexity index is 486. The van der Waals surface area contributed by atoms with E-state index >= 15 is 0 Å². The molecule has 2 aromatic carbocycles. The largest absolute Gasteiger partial charge is 0.0840 e. The first-order chi connectivity index (χ1) is 7.20. The average Bonchev–Trinajstić information content (AvgIpc) is 2.23. The summed E-state index contributed by atoms with van der Waals surface area (Å²) < 4.78 is 0. The van der Waals surface area contributed by atoms with E-state index in [-0.39, 0.29) is 0 Å². The van der Waals surface area contributed by atoms with Crippen LogP contribution in [-0.4, -0.2) is 0 Å². The van der Waals surface area contributed by atoms with Crippen molar-refractivity contribution >= 4 is 11.6 Å². The molecule has 0 N–H and O–H groups in total. The molecule has 1 radical (unpaired) electrons. The normalized spacial score (nSPS) is 10.3. The van der Waals surface area contributed by atoms with E-state index in [9.17, 15) is 0 Å². The molecule has 0 aliphatic rings. The second kappa shape index (κ2) is 4.08. The highest BCUT2D eigenvalue weighted by Gasteiger charge is 2.06. The number of halogens is 1. The van der Waals surface area contributed by atoms with Crippen molar-refractivity contribution in [1.29, 1.82) is 0 Å². The van der Waals surface area contributed by atoms with Gasteiger partial charge >= 0.3 is 0 Å². The summed E-state index contributed by atoms with van der Waals surface area (Å²) in [6.45, 7) is 4.13. The summed E-state index contributed by atoms with van der Waals surface area (Å²) in [6.07, 6.45) is 0. The highest BCUT2D eigenvalue weighted by atomic mass is 35.5. The molecule has 0 aliphatic carbocycles. The standard InChI is InChI=1S/C14H12Cl/c1-10-6-3-4-7-12(10)13-8-5-9-14(15)11(13)2/h3-6,8-9H,1-2H3. The molecule has 75 valence electrons. The molecule has 0 amide bonds. The fourth-order valence-corrected chi connectivity index (χ4v) is 1.86. The third-order valence-electron chi connectivity index (χ3n) is 2.60. The second-order valence-electron chi connectivity index (χ2n) is 3.64. The van der Waals surface area contributed by atoms with Crippen LogP contribution in [0.5, 0.6) is 0 Å². The first-order valence-corrected chi connectivity index (χ1v) is 5.30. The van der Waals surface area contributed by atoms with Gasteiger partial charge in [-0.25, -0.2) is 0 Å². The fourth-order valence-electron chi connectivity index (χ4n) is 1.69. The van der Waals surface area contributed by atoms with Crippen LogP contribution in [0.3, 0.4) is 0 Å². The first-order valence-electron chi connectivity index (χ1n) is 4.93. The topological polar surface area (TPSA) is 0 Å². The van der Waals surface area contributed by atoms with Gasteiger partial charge in [0.05, 0.1) is 0 Å². The van der Waals surface area contributed by atoms with Gasteiger partial charge in [0.2, 0.25) is 0 Å². The van der Waals surface area contributed by atoms with E-state index in [0.717, 1.165) is 16.1 Å². The maximum absolute atomic E-state index is 6.10. The lowest BCUT2D eigenvalue weighted by molar-refractivity contribution is 1.40. The van der Waals surface area contributed by atoms with Crippen molar-refractivity contribution in [2.75, 3.05) is 0 Å². The van der Waals surface area contributed by atoms with Crippen LogP contribution in [0.15, 0.2) is 36.4 Å². The fraction of sp³-hybridized carbons (Fsp3) is 0.143. The zero-order valence-electron chi connectivity index (χ0n) is 8.84. The number of rotatable bonds is 1. The minimum absolute atomic E-state index is 0.809. The molecule has 0 heterocycles. The first kappa shape index (κ1) is 10.3. The third kappa shape index (κ3) is 1.91. The van der Waals surface area contributed by atoms with Gasteiger partial charge < -0.3 is 0 Å². The molecule has 0 saturated carbocycles. The summed E-state index contributed by atoms with van der Waals surface area (Å²) in [5, 5.41) is 0.809. The van der Waals surface area contributed by atoms with Gasteiger partial charge in [0.1, 0.15) is 0 Å². The molecule has 0 nitrogen and oxygen atoms in total. The molecule has 0 atom stereocenters. The van der Waals surface area contributed by atoms with Crippen LogP contribution in [0.2, 0.25) is 5.02 Å². The van der Waals surface area contributed by atoms with E-state index in [1.165, 1.54) is 11.1 Å².